The lowest BCUT2D eigenvalue weighted by atomic mass is 9.87. The maximum Gasteiger partial charge on any atom is 0.188 e. The van der Waals surface area contributed by atoms with E-state index >= 15 is 0 Å². The number of thiocarbonyl (C=S) groups is 1. The summed E-state index contributed by atoms with van der Waals surface area (Å²) >= 11 is 5.75. The molecule has 3 aromatic carbocycles. The lowest BCUT2D eigenvalue weighted by Crippen LogP contribution is -2.65. The van der Waals surface area contributed by atoms with E-state index in [2.05, 4.69) is 53.5 Å². The molecule has 136 valence electrons. The summed E-state index contributed by atoms with van der Waals surface area (Å²) in [6.07, 6.45) is 0.806. The molecule has 0 amide bonds. The van der Waals surface area contributed by atoms with E-state index in [0.29, 0.717) is 5.11 Å². The lowest BCUT2D eigenvalue weighted by molar-refractivity contribution is 0.0505. The van der Waals surface area contributed by atoms with Crippen LogP contribution in [0.15, 0.2) is 60.7 Å². The van der Waals surface area contributed by atoms with Crippen molar-refractivity contribution in [3.63, 3.8) is 0 Å². The van der Waals surface area contributed by atoms with Gasteiger partial charge in [-0.2, -0.15) is 0 Å². The molecule has 5 heteroatoms. The van der Waals surface area contributed by atoms with E-state index in [1.807, 2.05) is 24.3 Å². The number of anilines is 1. The third kappa shape index (κ3) is 2.46. The van der Waals surface area contributed by atoms with E-state index in [4.69, 9.17) is 21.7 Å². The summed E-state index contributed by atoms with van der Waals surface area (Å²) in [5, 5.41) is 6.66. The molecule has 0 saturated carbocycles. The molecule has 2 atom stereocenters. The van der Waals surface area contributed by atoms with Gasteiger partial charge in [0.25, 0.3) is 0 Å². The monoisotopic (exact) mass is 376 g/mol. The smallest absolute Gasteiger partial charge is 0.188 e. The van der Waals surface area contributed by atoms with Gasteiger partial charge in [-0.3, -0.25) is 4.90 Å². The molecule has 1 N–H and O–H groups in total. The number of fused-ring (bicyclic) bond motifs is 6. The molecular formula is C22H20N2O2S. The largest absolute Gasteiger partial charge is 0.497 e. The quantitative estimate of drug-likeness (QED) is 0.651. The van der Waals surface area contributed by atoms with E-state index in [1.165, 1.54) is 16.3 Å². The molecule has 0 aromatic heterocycles. The maximum atomic E-state index is 6.56. The van der Waals surface area contributed by atoms with Crippen molar-refractivity contribution in [3.05, 3.63) is 66.2 Å². The van der Waals surface area contributed by atoms with Crippen molar-refractivity contribution in [1.29, 1.82) is 0 Å². The summed E-state index contributed by atoms with van der Waals surface area (Å²) in [5.74, 6) is 1.74. The van der Waals surface area contributed by atoms with Gasteiger partial charge in [-0.05, 0) is 60.2 Å². The topological polar surface area (TPSA) is 33.7 Å². The zero-order valence-corrected chi connectivity index (χ0v) is 16.0. The number of hydrogen-bond acceptors (Lipinski definition) is 3. The zero-order valence-electron chi connectivity index (χ0n) is 15.2. The number of rotatable bonds is 2. The van der Waals surface area contributed by atoms with Crippen LogP contribution in [0.5, 0.6) is 11.5 Å². The molecule has 2 heterocycles. The first-order valence-electron chi connectivity index (χ1n) is 9.04. The van der Waals surface area contributed by atoms with Crippen LogP contribution in [0.3, 0.4) is 0 Å². The molecule has 0 radical (unpaired) electrons. The highest BCUT2D eigenvalue weighted by atomic mass is 32.1. The Balaban J connectivity index is 1.61. The van der Waals surface area contributed by atoms with Crippen molar-refractivity contribution < 1.29 is 9.47 Å². The van der Waals surface area contributed by atoms with Crippen LogP contribution in [0.1, 0.15) is 24.9 Å². The SMILES string of the molecule is COc1ccc(N2C(=S)NC3CC2(C)Oc2ccc4ccccc4c23)cc1. The van der Waals surface area contributed by atoms with Crippen LogP contribution < -0.4 is 19.7 Å². The second-order valence-corrected chi connectivity index (χ2v) is 7.60. The normalized spacial score (nSPS) is 23.4. The van der Waals surface area contributed by atoms with Gasteiger partial charge in [0.05, 0.1) is 13.2 Å². The molecule has 2 unspecified atom stereocenters. The second kappa shape index (κ2) is 5.86. The second-order valence-electron chi connectivity index (χ2n) is 7.22. The number of hydrogen-bond donors (Lipinski definition) is 1. The van der Waals surface area contributed by atoms with Gasteiger partial charge < -0.3 is 14.8 Å². The van der Waals surface area contributed by atoms with Crippen LogP contribution in [0, 0.1) is 0 Å². The number of benzene rings is 3. The van der Waals surface area contributed by atoms with Gasteiger partial charge in [0.1, 0.15) is 11.5 Å². The number of nitrogens with one attached hydrogen (secondary N) is 1. The fourth-order valence-corrected chi connectivity index (χ4v) is 4.73. The molecule has 2 aliphatic heterocycles. The van der Waals surface area contributed by atoms with Crippen LogP contribution in [0.2, 0.25) is 0 Å². The van der Waals surface area contributed by atoms with Gasteiger partial charge in [-0.1, -0.05) is 30.3 Å². The summed E-state index contributed by atoms with van der Waals surface area (Å²) in [6, 6.07) is 20.7. The molecule has 3 aromatic rings. The average molecular weight is 376 g/mol. The first-order chi connectivity index (χ1) is 13.1. The lowest BCUT2D eigenvalue weighted by Gasteiger charge is -2.52. The van der Waals surface area contributed by atoms with E-state index in [1.54, 1.807) is 7.11 Å². The van der Waals surface area contributed by atoms with Gasteiger partial charge in [0, 0.05) is 17.7 Å². The summed E-state index contributed by atoms with van der Waals surface area (Å²) in [6.45, 7) is 2.11. The van der Waals surface area contributed by atoms with Crippen molar-refractivity contribution in [2.45, 2.75) is 25.1 Å². The predicted molar refractivity (Wildman–Crippen MR) is 112 cm³/mol. The van der Waals surface area contributed by atoms with Gasteiger partial charge in [-0.15, -0.1) is 0 Å². The first-order valence-corrected chi connectivity index (χ1v) is 9.45. The Bertz CT molecular complexity index is 1050. The Labute approximate surface area is 163 Å². The summed E-state index contributed by atoms with van der Waals surface area (Å²) in [7, 11) is 1.67. The first kappa shape index (κ1) is 16.4. The van der Waals surface area contributed by atoms with Gasteiger partial charge >= 0.3 is 0 Å². The van der Waals surface area contributed by atoms with Gasteiger partial charge in [0.2, 0.25) is 0 Å². The van der Waals surface area contributed by atoms with Crippen molar-refractivity contribution in [2.75, 3.05) is 12.0 Å². The molecule has 2 bridgehead atoms. The minimum absolute atomic E-state index is 0.131. The van der Waals surface area contributed by atoms with Crippen LogP contribution in [0.25, 0.3) is 10.8 Å². The third-order valence-corrected chi connectivity index (χ3v) is 5.80. The van der Waals surface area contributed by atoms with Gasteiger partial charge in [0.15, 0.2) is 10.8 Å². The number of methoxy groups -OCH3 is 1. The molecule has 2 aliphatic rings. The number of ether oxygens (including phenoxy) is 2. The number of nitrogens with zero attached hydrogens (tertiary/aromatic N) is 1. The predicted octanol–water partition coefficient (Wildman–Crippen LogP) is 4.78. The molecule has 5 rings (SSSR count). The van der Waals surface area contributed by atoms with Crippen molar-refractivity contribution in [1.82, 2.24) is 5.32 Å². The van der Waals surface area contributed by atoms with Crippen LogP contribution in [0.4, 0.5) is 5.69 Å². The molecule has 0 spiro atoms. The summed E-state index contributed by atoms with van der Waals surface area (Å²) in [4.78, 5) is 2.07. The van der Waals surface area contributed by atoms with E-state index in [9.17, 15) is 0 Å². The summed E-state index contributed by atoms with van der Waals surface area (Å²) < 4.78 is 11.8. The fraction of sp³-hybridized carbons (Fsp3) is 0.227. The van der Waals surface area contributed by atoms with Gasteiger partial charge in [-0.25, -0.2) is 0 Å². The molecule has 4 nitrogen and oxygen atoms in total. The fourth-order valence-electron chi connectivity index (χ4n) is 4.29. The van der Waals surface area contributed by atoms with Crippen molar-refractivity contribution >= 4 is 33.8 Å². The molecule has 1 fully saturated rings. The van der Waals surface area contributed by atoms with E-state index in [-0.39, 0.29) is 6.04 Å². The minimum Gasteiger partial charge on any atom is -0.497 e. The highest BCUT2D eigenvalue weighted by Crippen LogP contribution is 2.48. The highest BCUT2D eigenvalue weighted by molar-refractivity contribution is 7.80. The Kier molecular flexibility index (Phi) is 3.56. The molecular weight excluding hydrogens is 356 g/mol. The van der Waals surface area contributed by atoms with Crippen LogP contribution in [-0.2, 0) is 0 Å². The van der Waals surface area contributed by atoms with E-state index < -0.39 is 5.72 Å². The Morgan fingerprint density at radius 1 is 1.11 bits per heavy atom. The maximum absolute atomic E-state index is 6.56. The molecule has 27 heavy (non-hydrogen) atoms. The minimum atomic E-state index is -0.545. The third-order valence-electron chi connectivity index (χ3n) is 5.50. The Hall–Kier alpha value is -2.79. The van der Waals surface area contributed by atoms with Crippen LogP contribution in [-0.4, -0.2) is 17.9 Å². The molecule has 1 saturated heterocycles. The summed E-state index contributed by atoms with van der Waals surface area (Å²) in [5.41, 5.74) is 1.64. The van der Waals surface area contributed by atoms with Crippen molar-refractivity contribution in [2.24, 2.45) is 0 Å². The Morgan fingerprint density at radius 3 is 2.67 bits per heavy atom. The zero-order chi connectivity index (χ0) is 18.6. The van der Waals surface area contributed by atoms with Crippen LogP contribution >= 0.6 is 12.2 Å². The average Bonchev–Trinajstić information content (AvgIpc) is 2.67. The standard InChI is InChI=1S/C22H20N2O2S/c1-22-13-18(20-17-6-4-3-5-14(17)7-12-19(20)26-22)23-21(27)24(22)15-8-10-16(25-2)11-9-15/h3-12,18H,13H2,1-2H3,(H,23,27). The van der Waals surface area contributed by atoms with E-state index in [0.717, 1.165) is 23.6 Å². The Morgan fingerprint density at radius 2 is 1.89 bits per heavy atom. The highest BCUT2D eigenvalue weighted by Gasteiger charge is 2.48. The van der Waals surface area contributed by atoms with Crippen molar-refractivity contribution in [3.8, 4) is 11.5 Å². The molecule has 0 aliphatic carbocycles.